The minimum absolute atomic E-state index is 0.488. The first kappa shape index (κ1) is 15.6. The van der Waals surface area contributed by atoms with E-state index in [9.17, 15) is 0 Å². The molecule has 3 saturated carbocycles. The molecule has 3 aliphatic rings. The predicted octanol–water partition coefficient (Wildman–Crippen LogP) is 5.59. The molecule has 3 fully saturated rings. The molecule has 0 unspecified atom stereocenters. The average molecular weight is 290 g/mol. The molecule has 0 atom stereocenters. The van der Waals surface area contributed by atoms with E-state index in [0.717, 1.165) is 17.8 Å². The Kier molecular flexibility index (Phi) is 5.80. The molecule has 1 nitrogen and oxygen atoms in total. The summed E-state index contributed by atoms with van der Waals surface area (Å²) in [6, 6.07) is 0.488. The van der Waals surface area contributed by atoms with Gasteiger partial charge >= 0.3 is 0 Å². The van der Waals surface area contributed by atoms with Gasteiger partial charge in [-0.05, 0) is 69.1 Å². The lowest BCUT2D eigenvalue weighted by Crippen LogP contribution is -2.27. The Hall–Kier alpha value is -0.300. The third kappa shape index (κ3) is 4.34. The second-order valence-electron chi connectivity index (χ2n) is 8.01. The highest BCUT2D eigenvalue weighted by Crippen LogP contribution is 2.41. The summed E-state index contributed by atoms with van der Waals surface area (Å²) in [5, 5.41) is 0. The van der Waals surface area contributed by atoms with Gasteiger partial charge in [0.2, 0.25) is 0 Å². The van der Waals surface area contributed by atoms with Crippen LogP contribution in [0.2, 0.25) is 0 Å². The van der Waals surface area contributed by atoms with Crippen LogP contribution < -0.4 is 5.73 Å². The molecule has 0 heterocycles. The first-order chi connectivity index (χ1) is 10.3. The lowest BCUT2D eigenvalue weighted by Gasteiger charge is -2.34. The van der Waals surface area contributed by atoms with E-state index < -0.39 is 0 Å². The fraction of sp³-hybridized carbons (Fsp3) is 0.900. The normalized spacial score (nSPS) is 32.8. The van der Waals surface area contributed by atoms with Crippen molar-refractivity contribution < 1.29 is 0 Å². The average Bonchev–Trinajstić information content (AvgIpc) is 2.56. The molecule has 2 N–H and O–H groups in total. The van der Waals surface area contributed by atoms with E-state index in [0.29, 0.717) is 6.04 Å². The van der Waals surface area contributed by atoms with Crippen LogP contribution in [0.4, 0.5) is 0 Å². The van der Waals surface area contributed by atoms with Gasteiger partial charge in [0.1, 0.15) is 0 Å². The SMILES string of the molecule is NC1CCC(C=C(C2CCCCC2)C2CCCCC2)CC1. The van der Waals surface area contributed by atoms with Crippen molar-refractivity contribution in [3.8, 4) is 0 Å². The van der Waals surface area contributed by atoms with E-state index in [2.05, 4.69) is 6.08 Å². The summed E-state index contributed by atoms with van der Waals surface area (Å²) >= 11 is 0. The minimum Gasteiger partial charge on any atom is -0.328 e. The van der Waals surface area contributed by atoms with Crippen LogP contribution in [-0.4, -0.2) is 6.04 Å². The van der Waals surface area contributed by atoms with E-state index in [1.54, 1.807) is 0 Å². The summed E-state index contributed by atoms with van der Waals surface area (Å²) in [5.41, 5.74) is 8.00. The smallest absolute Gasteiger partial charge is 0.00392 e. The summed E-state index contributed by atoms with van der Waals surface area (Å²) in [7, 11) is 0. The molecule has 0 aliphatic heterocycles. The molecule has 0 aromatic heterocycles. The Morgan fingerprint density at radius 3 is 1.57 bits per heavy atom. The Bertz CT molecular complexity index is 306. The van der Waals surface area contributed by atoms with Crippen LogP contribution in [0.3, 0.4) is 0 Å². The quantitative estimate of drug-likeness (QED) is 0.673. The lowest BCUT2D eigenvalue weighted by molar-refractivity contribution is 0.315. The highest BCUT2D eigenvalue weighted by molar-refractivity contribution is 5.15. The van der Waals surface area contributed by atoms with Gasteiger partial charge in [0.05, 0.1) is 0 Å². The maximum atomic E-state index is 6.09. The van der Waals surface area contributed by atoms with Gasteiger partial charge in [-0.25, -0.2) is 0 Å². The Labute approximate surface area is 131 Å². The van der Waals surface area contributed by atoms with Crippen LogP contribution in [0.15, 0.2) is 11.6 Å². The van der Waals surface area contributed by atoms with Crippen molar-refractivity contribution in [1.29, 1.82) is 0 Å². The van der Waals surface area contributed by atoms with Crippen molar-refractivity contribution >= 4 is 0 Å². The predicted molar refractivity (Wildman–Crippen MR) is 91.2 cm³/mol. The molecule has 0 radical (unpaired) electrons. The van der Waals surface area contributed by atoms with Gasteiger partial charge in [-0.15, -0.1) is 0 Å². The second-order valence-corrected chi connectivity index (χ2v) is 8.01. The van der Waals surface area contributed by atoms with Crippen LogP contribution in [0.25, 0.3) is 0 Å². The Balaban J connectivity index is 1.70. The van der Waals surface area contributed by atoms with E-state index in [1.807, 2.05) is 5.57 Å². The summed E-state index contributed by atoms with van der Waals surface area (Å²) < 4.78 is 0. The molecule has 120 valence electrons. The zero-order chi connectivity index (χ0) is 14.5. The number of hydrogen-bond acceptors (Lipinski definition) is 1. The van der Waals surface area contributed by atoms with Gasteiger partial charge in [0.15, 0.2) is 0 Å². The van der Waals surface area contributed by atoms with Gasteiger partial charge in [-0.1, -0.05) is 50.2 Å². The number of nitrogens with two attached hydrogens (primary N) is 1. The van der Waals surface area contributed by atoms with Gasteiger partial charge in [0, 0.05) is 6.04 Å². The molecule has 0 aromatic rings. The van der Waals surface area contributed by atoms with Crippen LogP contribution >= 0.6 is 0 Å². The van der Waals surface area contributed by atoms with E-state index >= 15 is 0 Å². The molecule has 0 saturated heterocycles. The van der Waals surface area contributed by atoms with E-state index in [4.69, 9.17) is 5.73 Å². The van der Waals surface area contributed by atoms with Crippen molar-refractivity contribution in [3.05, 3.63) is 11.6 Å². The van der Waals surface area contributed by atoms with Crippen LogP contribution in [0.5, 0.6) is 0 Å². The van der Waals surface area contributed by atoms with Gasteiger partial charge < -0.3 is 5.73 Å². The monoisotopic (exact) mass is 289 g/mol. The van der Waals surface area contributed by atoms with Gasteiger partial charge in [-0.2, -0.15) is 0 Å². The van der Waals surface area contributed by atoms with Crippen molar-refractivity contribution in [3.63, 3.8) is 0 Å². The first-order valence-electron chi connectivity index (χ1n) is 9.80. The highest BCUT2D eigenvalue weighted by Gasteiger charge is 2.27. The third-order valence-electron chi connectivity index (χ3n) is 6.40. The zero-order valence-electron chi connectivity index (χ0n) is 13.9. The molecule has 3 aliphatic carbocycles. The molecule has 1 heteroatoms. The molecule has 0 aromatic carbocycles. The summed E-state index contributed by atoms with van der Waals surface area (Å²) in [6.07, 6.45) is 22.8. The fourth-order valence-electron chi connectivity index (χ4n) is 5.06. The lowest BCUT2D eigenvalue weighted by atomic mass is 9.71. The Morgan fingerprint density at radius 1 is 0.619 bits per heavy atom. The summed E-state index contributed by atoms with van der Waals surface area (Å²) in [6.45, 7) is 0. The van der Waals surface area contributed by atoms with Crippen LogP contribution in [-0.2, 0) is 0 Å². The van der Waals surface area contributed by atoms with Crippen molar-refractivity contribution in [2.24, 2.45) is 23.5 Å². The molecular weight excluding hydrogens is 254 g/mol. The molecule has 21 heavy (non-hydrogen) atoms. The molecule has 0 spiro atoms. The second kappa shape index (κ2) is 7.81. The topological polar surface area (TPSA) is 26.0 Å². The number of allylic oxidation sites excluding steroid dienone is 2. The number of rotatable bonds is 3. The molecule has 0 amide bonds. The van der Waals surface area contributed by atoms with Gasteiger partial charge in [0.25, 0.3) is 0 Å². The summed E-state index contributed by atoms with van der Waals surface area (Å²) in [4.78, 5) is 0. The first-order valence-corrected chi connectivity index (χ1v) is 9.80. The minimum atomic E-state index is 0.488. The van der Waals surface area contributed by atoms with Gasteiger partial charge in [-0.3, -0.25) is 0 Å². The van der Waals surface area contributed by atoms with Crippen molar-refractivity contribution in [2.45, 2.75) is 95.9 Å². The number of hydrogen-bond donors (Lipinski definition) is 1. The largest absolute Gasteiger partial charge is 0.328 e. The summed E-state index contributed by atoms with van der Waals surface area (Å²) in [5.74, 6) is 2.73. The maximum Gasteiger partial charge on any atom is 0.00392 e. The Morgan fingerprint density at radius 2 is 1.10 bits per heavy atom. The van der Waals surface area contributed by atoms with Crippen molar-refractivity contribution in [2.75, 3.05) is 0 Å². The van der Waals surface area contributed by atoms with Crippen molar-refractivity contribution in [1.82, 2.24) is 0 Å². The highest BCUT2D eigenvalue weighted by atomic mass is 14.6. The third-order valence-corrected chi connectivity index (χ3v) is 6.40. The van der Waals surface area contributed by atoms with E-state index in [1.165, 1.54) is 89.9 Å². The zero-order valence-corrected chi connectivity index (χ0v) is 13.9. The fourth-order valence-corrected chi connectivity index (χ4v) is 5.06. The van der Waals surface area contributed by atoms with E-state index in [-0.39, 0.29) is 0 Å². The standard InChI is InChI=1S/C20H35N/c21-19-13-11-16(12-14-19)15-20(17-7-3-1-4-8-17)18-9-5-2-6-10-18/h15-19H,1-14,21H2. The maximum absolute atomic E-state index is 6.09. The molecular formula is C20H35N. The van der Waals surface area contributed by atoms with Crippen LogP contribution in [0, 0.1) is 17.8 Å². The van der Waals surface area contributed by atoms with Crippen LogP contribution in [0.1, 0.15) is 89.9 Å². The molecule has 3 rings (SSSR count). The molecule has 0 bridgehead atoms.